The lowest BCUT2D eigenvalue weighted by Gasteiger charge is -2.54. The predicted octanol–water partition coefficient (Wildman–Crippen LogP) is 9.41. The monoisotopic (exact) mass is 867 g/mol. The highest BCUT2D eigenvalue weighted by Crippen LogP contribution is 2.83. The first kappa shape index (κ1) is 43.2. The lowest BCUT2D eigenvalue weighted by molar-refractivity contribution is -0.148. The quantitative estimate of drug-likeness (QED) is 0.0744. The van der Waals surface area contributed by atoms with Gasteiger partial charge in [0.25, 0.3) is 0 Å². The molecule has 2 spiro atoms. The van der Waals surface area contributed by atoms with Gasteiger partial charge >= 0.3 is 5.97 Å². The van der Waals surface area contributed by atoms with E-state index in [1.807, 2.05) is 0 Å². The Morgan fingerprint density at radius 2 is 1.71 bits per heavy atom. The predicted molar refractivity (Wildman–Crippen MR) is 238 cm³/mol. The summed E-state index contributed by atoms with van der Waals surface area (Å²) < 4.78 is 39.2. The number of fused-ring (bicyclic) bond motifs is 5. The summed E-state index contributed by atoms with van der Waals surface area (Å²) in [5.74, 6) is 2.57. The van der Waals surface area contributed by atoms with E-state index in [9.17, 15) is 14.7 Å². The molecule has 9 heteroatoms. The van der Waals surface area contributed by atoms with Crippen molar-refractivity contribution in [3.8, 4) is 0 Å². The van der Waals surface area contributed by atoms with Gasteiger partial charge < -0.3 is 33.5 Å². The molecule has 15 atom stereocenters. The number of unbranched alkanes of at least 4 members (excludes halogenated alkanes) is 1. The summed E-state index contributed by atoms with van der Waals surface area (Å²) in [5.41, 5.74) is 5.29. The lowest BCUT2D eigenvalue weighted by Crippen LogP contribution is -2.69. The van der Waals surface area contributed by atoms with Crippen molar-refractivity contribution in [2.45, 2.75) is 197 Å². The smallest absolute Gasteiger partial charge is 0.306 e. The van der Waals surface area contributed by atoms with Gasteiger partial charge in [0.05, 0.1) is 25.4 Å². The first-order chi connectivity index (χ1) is 30.3. The van der Waals surface area contributed by atoms with Gasteiger partial charge in [0.2, 0.25) is 0 Å². The molecule has 4 heterocycles. The minimum atomic E-state index is -0.592. The molecular weight excluding hydrogens is 793 g/mol. The summed E-state index contributed by atoms with van der Waals surface area (Å²) in [6.45, 7) is 17.6. The molecule has 9 nitrogen and oxygen atoms in total. The zero-order valence-electron chi connectivity index (χ0n) is 38.8. The fourth-order valence-corrected chi connectivity index (χ4v) is 15.7. The van der Waals surface area contributed by atoms with E-state index in [1.54, 1.807) is 5.57 Å². The van der Waals surface area contributed by atoms with Crippen molar-refractivity contribution in [2.75, 3.05) is 19.8 Å². The Kier molecular flexibility index (Phi) is 10.7. The zero-order chi connectivity index (χ0) is 43.7. The van der Waals surface area contributed by atoms with E-state index in [4.69, 9.17) is 28.4 Å². The molecule has 3 saturated heterocycles. The molecule has 1 N–H and O–H groups in total. The number of ketones is 1. The molecule has 0 aromatic heterocycles. The maximum Gasteiger partial charge on any atom is 0.306 e. The molecule has 6 saturated carbocycles. The van der Waals surface area contributed by atoms with Crippen LogP contribution < -0.4 is 0 Å². The van der Waals surface area contributed by atoms with E-state index in [0.717, 1.165) is 76.6 Å². The fraction of sp³-hybridized carbons (Fsp3) is 0.778. The number of hydrogen-bond donors (Lipinski definition) is 1. The van der Waals surface area contributed by atoms with Crippen LogP contribution in [0.3, 0.4) is 0 Å². The summed E-state index contributed by atoms with van der Waals surface area (Å²) in [7, 11) is 0. The Hall–Kier alpha value is -2.40. The standard InChI is InChI=1S/C54H74O9/c1-31(2)52-47(62-52)48-54(63-48)51(6)26-24-37-28-58-30-39(37)42(51)27-45-53(54,61-45)49(52)59-29-38(55)13-7-8-15-46(57)60-44-14-9-11-34(33(44)4)17-18-35-12-10-25-50(5)40(21-22-41(35)50)32(3)16-23-43(56)36-19-20-36/h16-18,23,31-32,36,40-45,47-49,56H,4,7-15,19-22,24-30H2,1-3,5-6H3/b23-16+,34-17-,35-18+/t32-,40?,41?,42-,43?,44?,45-,47-,48-,49+,50+,51-,52-,53+,54+/m0/s1. The van der Waals surface area contributed by atoms with Gasteiger partial charge in [0, 0.05) is 18.3 Å². The van der Waals surface area contributed by atoms with Crippen molar-refractivity contribution in [2.24, 2.45) is 46.3 Å². The molecule has 344 valence electrons. The van der Waals surface area contributed by atoms with Crippen LogP contribution >= 0.6 is 0 Å². The average molecular weight is 867 g/mol. The molecule has 63 heavy (non-hydrogen) atoms. The van der Waals surface area contributed by atoms with Crippen LogP contribution in [0.1, 0.15) is 144 Å². The number of Topliss-reactive ketones (excluding diaryl/α,β-unsaturated/α-hetero) is 1. The van der Waals surface area contributed by atoms with Crippen molar-refractivity contribution in [3.05, 3.63) is 58.7 Å². The van der Waals surface area contributed by atoms with Gasteiger partial charge in [-0.05, 0) is 160 Å². The normalized spacial score (nSPS) is 46.4. The van der Waals surface area contributed by atoms with Crippen LogP contribution in [0.4, 0.5) is 0 Å². The number of esters is 1. The topological polar surface area (TPSA) is 120 Å². The summed E-state index contributed by atoms with van der Waals surface area (Å²) in [6.07, 6.45) is 24.1. The van der Waals surface area contributed by atoms with Gasteiger partial charge in [-0.1, -0.05) is 71.1 Å². The Labute approximate surface area is 375 Å². The molecule has 0 aromatic rings. The van der Waals surface area contributed by atoms with E-state index in [-0.39, 0.29) is 78.2 Å². The van der Waals surface area contributed by atoms with Gasteiger partial charge in [-0.15, -0.1) is 0 Å². The Morgan fingerprint density at radius 3 is 2.52 bits per heavy atom. The first-order valence-corrected chi connectivity index (χ1v) is 25.4. The van der Waals surface area contributed by atoms with Crippen molar-refractivity contribution < 1.29 is 43.1 Å². The van der Waals surface area contributed by atoms with E-state index in [0.29, 0.717) is 48.9 Å². The largest absolute Gasteiger partial charge is 0.457 e. The number of allylic oxidation sites excluding steroid dienone is 4. The second-order valence-electron chi connectivity index (χ2n) is 23.0. The third kappa shape index (κ3) is 6.56. The molecule has 9 fully saturated rings. The van der Waals surface area contributed by atoms with Crippen molar-refractivity contribution in [3.63, 3.8) is 0 Å². The first-order valence-electron chi connectivity index (χ1n) is 25.4. The van der Waals surface area contributed by atoms with Gasteiger partial charge in [-0.2, -0.15) is 0 Å². The summed E-state index contributed by atoms with van der Waals surface area (Å²) in [4.78, 5) is 26.6. The van der Waals surface area contributed by atoms with Crippen molar-refractivity contribution >= 4 is 11.8 Å². The van der Waals surface area contributed by atoms with Crippen LogP contribution in [0.2, 0.25) is 0 Å². The Balaban J connectivity index is 0.662. The number of aliphatic hydroxyl groups is 1. The third-order valence-electron chi connectivity index (χ3n) is 19.5. The lowest BCUT2D eigenvalue weighted by atomic mass is 9.46. The number of ether oxygens (including phenoxy) is 6. The average Bonchev–Trinajstić information content (AvgIpc) is 4.11. The van der Waals surface area contributed by atoms with Crippen LogP contribution in [-0.4, -0.2) is 90.1 Å². The zero-order valence-corrected chi connectivity index (χ0v) is 38.8. The molecule has 0 bridgehead atoms. The SMILES string of the molecule is C=C1/C(=C\C=C2/CCC[C@@]3(C)C2CCC3[C@@H](C)/C=C/C(O)C2CC2)CCCC1OC(=O)CCCCC(=O)CO[C@@H]1[C@@]2(C(C)C)O[C@H]2[C@@H]2O[C@]23[C@]12O[C@H]2C[C@H]1C2=C(CC[C@@]13C)COC2. The molecule has 0 radical (unpaired) electrons. The molecule has 4 unspecified atom stereocenters. The number of carbonyl (C=O) groups is 2. The van der Waals surface area contributed by atoms with Gasteiger partial charge in [0.15, 0.2) is 11.4 Å². The Morgan fingerprint density at radius 1 is 0.889 bits per heavy atom. The summed E-state index contributed by atoms with van der Waals surface area (Å²) in [5, 5.41) is 10.5. The van der Waals surface area contributed by atoms with Crippen LogP contribution in [0.25, 0.3) is 0 Å². The maximum absolute atomic E-state index is 13.5. The fourth-order valence-electron chi connectivity index (χ4n) is 15.7. The Bertz CT molecular complexity index is 2030. The maximum atomic E-state index is 13.5. The van der Waals surface area contributed by atoms with Crippen LogP contribution in [0, 0.1) is 46.3 Å². The molecule has 0 aromatic carbocycles. The van der Waals surface area contributed by atoms with E-state index in [2.05, 4.69) is 65.5 Å². The number of rotatable bonds is 15. The second kappa shape index (κ2) is 15.6. The number of epoxide rings is 3. The van der Waals surface area contributed by atoms with Gasteiger partial charge in [-0.3, -0.25) is 9.59 Å². The highest BCUT2D eigenvalue weighted by atomic mass is 16.8. The third-order valence-corrected chi connectivity index (χ3v) is 19.5. The van der Waals surface area contributed by atoms with Crippen molar-refractivity contribution in [1.29, 1.82) is 0 Å². The van der Waals surface area contributed by atoms with E-state index >= 15 is 0 Å². The second-order valence-corrected chi connectivity index (χ2v) is 23.0. The highest BCUT2D eigenvalue weighted by Gasteiger charge is 3.00. The summed E-state index contributed by atoms with van der Waals surface area (Å²) in [6, 6.07) is 0. The molecule has 11 aliphatic rings. The number of carbonyl (C=O) groups excluding carboxylic acids is 2. The summed E-state index contributed by atoms with van der Waals surface area (Å²) >= 11 is 0. The molecular formula is C54H74O9. The molecule has 7 aliphatic carbocycles. The van der Waals surface area contributed by atoms with Crippen LogP contribution in [0.5, 0.6) is 0 Å². The molecule has 0 amide bonds. The van der Waals surface area contributed by atoms with Gasteiger partial charge in [0.1, 0.15) is 42.2 Å². The van der Waals surface area contributed by atoms with Crippen LogP contribution in [-0.2, 0) is 38.0 Å². The van der Waals surface area contributed by atoms with Crippen LogP contribution in [0.15, 0.2) is 58.7 Å². The number of hydrogen-bond acceptors (Lipinski definition) is 9. The molecule has 4 aliphatic heterocycles. The number of aliphatic hydroxyl groups excluding tert-OH is 1. The van der Waals surface area contributed by atoms with Crippen molar-refractivity contribution in [1.82, 2.24) is 0 Å². The van der Waals surface area contributed by atoms with E-state index < -0.39 is 16.8 Å². The minimum absolute atomic E-state index is 0.00229. The molecule has 11 rings (SSSR count). The minimum Gasteiger partial charge on any atom is -0.457 e. The highest BCUT2D eigenvalue weighted by molar-refractivity contribution is 5.79. The van der Waals surface area contributed by atoms with E-state index in [1.165, 1.54) is 42.4 Å². The van der Waals surface area contributed by atoms with Gasteiger partial charge in [-0.25, -0.2) is 0 Å².